The Morgan fingerprint density at radius 3 is 1.59 bits per heavy atom. The summed E-state index contributed by atoms with van der Waals surface area (Å²) in [6.45, 7) is 0. The number of hydrogen-bond acceptors (Lipinski definition) is 3. The second kappa shape index (κ2) is 6.10. The molecule has 0 bridgehead atoms. The van der Waals surface area contributed by atoms with E-state index >= 15 is 0 Å². The summed E-state index contributed by atoms with van der Waals surface area (Å²) >= 11 is 0. The van der Waals surface area contributed by atoms with Crippen molar-refractivity contribution < 1.29 is 9.72 Å². The van der Waals surface area contributed by atoms with Crippen LogP contribution < -0.4 is 0 Å². The molecule has 0 spiro atoms. The van der Waals surface area contributed by atoms with E-state index in [1.807, 2.05) is 60.7 Å². The van der Waals surface area contributed by atoms with Crippen LogP contribution in [-0.4, -0.2) is 16.7 Å². The molecule has 0 saturated heterocycles. The largest absolute Gasteiger partial charge is 0.300 e. The number of hydrogen-bond donors (Lipinski definition) is 0. The zero-order chi connectivity index (χ0) is 15.5. The van der Waals surface area contributed by atoms with Gasteiger partial charge in [-0.2, -0.15) is 0 Å². The van der Waals surface area contributed by atoms with Crippen LogP contribution in [0.25, 0.3) is 0 Å². The van der Waals surface area contributed by atoms with Gasteiger partial charge in [-0.3, -0.25) is 14.9 Å². The molecule has 112 valence electrons. The van der Waals surface area contributed by atoms with E-state index in [0.717, 1.165) is 11.1 Å². The monoisotopic (exact) mass is 295 g/mol. The van der Waals surface area contributed by atoms with Crippen molar-refractivity contribution >= 4 is 5.78 Å². The van der Waals surface area contributed by atoms with E-state index in [1.54, 1.807) is 0 Å². The van der Waals surface area contributed by atoms with Crippen LogP contribution in [0.15, 0.2) is 60.7 Å². The van der Waals surface area contributed by atoms with Crippen LogP contribution in [-0.2, 0) is 4.79 Å². The molecule has 1 aliphatic rings. The summed E-state index contributed by atoms with van der Waals surface area (Å²) < 4.78 is 0. The molecule has 1 saturated carbocycles. The molecule has 1 fully saturated rings. The number of benzene rings is 2. The van der Waals surface area contributed by atoms with E-state index in [1.165, 1.54) is 0 Å². The molecule has 1 unspecified atom stereocenters. The highest BCUT2D eigenvalue weighted by Crippen LogP contribution is 2.41. The maximum absolute atomic E-state index is 12.2. The highest BCUT2D eigenvalue weighted by Gasteiger charge is 2.46. The molecule has 0 radical (unpaired) electrons. The topological polar surface area (TPSA) is 60.2 Å². The minimum atomic E-state index is -0.762. The van der Waals surface area contributed by atoms with Crippen LogP contribution in [0.5, 0.6) is 0 Å². The Labute approximate surface area is 128 Å². The van der Waals surface area contributed by atoms with Gasteiger partial charge >= 0.3 is 0 Å². The second-order valence-corrected chi connectivity index (χ2v) is 5.76. The highest BCUT2D eigenvalue weighted by atomic mass is 16.6. The fraction of sp³-hybridized carbons (Fsp3) is 0.278. The molecule has 4 heteroatoms. The molecule has 2 aromatic carbocycles. The van der Waals surface area contributed by atoms with Gasteiger partial charge in [-0.1, -0.05) is 60.7 Å². The lowest BCUT2D eigenvalue weighted by Gasteiger charge is -2.32. The molecule has 3 rings (SSSR count). The van der Waals surface area contributed by atoms with Gasteiger partial charge in [0.2, 0.25) is 6.04 Å². The zero-order valence-corrected chi connectivity index (χ0v) is 12.1. The van der Waals surface area contributed by atoms with Crippen molar-refractivity contribution in [1.82, 2.24) is 0 Å². The van der Waals surface area contributed by atoms with Crippen molar-refractivity contribution in [2.75, 3.05) is 0 Å². The van der Waals surface area contributed by atoms with Crippen molar-refractivity contribution in [1.29, 1.82) is 0 Å². The fourth-order valence-corrected chi connectivity index (χ4v) is 3.42. The predicted octanol–water partition coefficient (Wildman–Crippen LogP) is 3.56. The molecule has 2 aromatic rings. The normalized spacial score (nSPS) is 24.9. The van der Waals surface area contributed by atoms with Gasteiger partial charge in [0.05, 0.1) is 11.8 Å². The summed E-state index contributed by atoms with van der Waals surface area (Å²) in [7, 11) is 0. The standard InChI is InChI=1S/C18H17NO3/c20-15-11-16(13-7-3-1-4-8-13)18(19(21)22)17(12-15)14-9-5-2-6-10-14/h1-10,16-18H,11-12H2/t16-,17+,18?. The Kier molecular flexibility index (Phi) is 4.00. The first-order chi connectivity index (χ1) is 10.7. The maximum Gasteiger partial charge on any atom is 0.227 e. The minimum absolute atomic E-state index is 0.0980. The van der Waals surface area contributed by atoms with Gasteiger partial charge in [0.1, 0.15) is 5.78 Å². The van der Waals surface area contributed by atoms with Crippen molar-refractivity contribution in [3.05, 3.63) is 81.9 Å². The lowest BCUT2D eigenvalue weighted by Crippen LogP contribution is -2.40. The summed E-state index contributed by atoms with van der Waals surface area (Å²) in [5.74, 6) is -0.619. The second-order valence-electron chi connectivity index (χ2n) is 5.76. The predicted molar refractivity (Wildman–Crippen MR) is 83.4 cm³/mol. The SMILES string of the molecule is O=C1C[C@H](c2ccccc2)C([N+](=O)[O-])[C@H](c2ccccc2)C1. The average Bonchev–Trinajstić information content (AvgIpc) is 2.55. The third-order valence-electron chi connectivity index (χ3n) is 4.42. The van der Waals surface area contributed by atoms with Crippen LogP contribution in [0.2, 0.25) is 0 Å². The average molecular weight is 295 g/mol. The summed E-state index contributed by atoms with van der Waals surface area (Å²) in [5.41, 5.74) is 1.75. The molecule has 22 heavy (non-hydrogen) atoms. The number of ketones is 1. The van der Waals surface area contributed by atoms with Crippen molar-refractivity contribution in [2.24, 2.45) is 0 Å². The quantitative estimate of drug-likeness (QED) is 0.642. The van der Waals surface area contributed by atoms with Crippen molar-refractivity contribution in [3.63, 3.8) is 0 Å². The van der Waals surface area contributed by atoms with Crippen LogP contribution in [0.4, 0.5) is 0 Å². The van der Waals surface area contributed by atoms with Gasteiger partial charge < -0.3 is 0 Å². The molecule has 3 atom stereocenters. The molecule has 1 aliphatic carbocycles. The number of carbonyl (C=O) groups is 1. The first-order valence-corrected chi connectivity index (χ1v) is 7.42. The van der Waals surface area contributed by atoms with Crippen LogP contribution >= 0.6 is 0 Å². The third kappa shape index (κ3) is 2.77. The molecule has 0 aliphatic heterocycles. The molecule has 0 aromatic heterocycles. The number of rotatable bonds is 3. The molecular weight excluding hydrogens is 278 g/mol. The Hall–Kier alpha value is -2.49. The molecule has 0 amide bonds. The number of nitrogens with zero attached hydrogens (tertiary/aromatic N) is 1. The van der Waals surface area contributed by atoms with Crippen LogP contribution in [0.1, 0.15) is 35.8 Å². The molecule has 4 nitrogen and oxygen atoms in total. The van der Waals surface area contributed by atoms with E-state index in [4.69, 9.17) is 0 Å². The first-order valence-electron chi connectivity index (χ1n) is 7.42. The number of nitro groups is 1. The van der Waals surface area contributed by atoms with Crippen molar-refractivity contribution in [3.8, 4) is 0 Å². The summed E-state index contributed by atoms with van der Waals surface area (Å²) in [4.78, 5) is 23.7. The Balaban J connectivity index is 2.03. The van der Waals surface area contributed by atoms with Gasteiger partial charge in [0, 0.05) is 17.8 Å². The van der Waals surface area contributed by atoms with Gasteiger partial charge in [0.25, 0.3) is 0 Å². The number of Topliss-reactive ketones (excluding diaryl/α,β-unsaturated/α-hetero) is 1. The summed E-state index contributed by atoms with van der Waals surface area (Å²) in [5, 5.41) is 11.7. The van der Waals surface area contributed by atoms with Crippen LogP contribution in [0, 0.1) is 10.1 Å². The summed E-state index contributed by atoms with van der Waals surface area (Å²) in [6.07, 6.45) is 0.498. The Bertz CT molecular complexity index is 618. The van der Waals surface area contributed by atoms with Gasteiger partial charge in [-0.25, -0.2) is 0 Å². The first kappa shape index (κ1) is 14.4. The van der Waals surface area contributed by atoms with Gasteiger partial charge in [0.15, 0.2) is 0 Å². The van der Waals surface area contributed by atoms with Gasteiger partial charge in [-0.05, 0) is 11.1 Å². The van der Waals surface area contributed by atoms with E-state index in [-0.39, 0.29) is 35.4 Å². The summed E-state index contributed by atoms with van der Waals surface area (Å²) in [6, 6.07) is 18.0. The Morgan fingerprint density at radius 2 is 1.23 bits per heavy atom. The van der Waals surface area contributed by atoms with E-state index in [0.29, 0.717) is 0 Å². The smallest absolute Gasteiger partial charge is 0.227 e. The fourth-order valence-electron chi connectivity index (χ4n) is 3.42. The lowest BCUT2D eigenvalue weighted by atomic mass is 9.71. The Morgan fingerprint density at radius 1 is 0.818 bits per heavy atom. The maximum atomic E-state index is 12.2. The number of carbonyl (C=O) groups excluding carboxylic acids is 1. The van der Waals surface area contributed by atoms with Crippen LogP contribution in [0.3, 0.4) is 0 Å². The molecule has 0 heterocycles. The van der Waals surface area contributed by atoms with Gasteiger partial charge in [-0.15, -0.1) is 0 Å². The molecule has 0 N–H and O–H groups in total. The minimum Gasteiger partial charge on any atom is -0.300 e. The highest BCUT2D eigenvalue weighted by molar-refractivity contribution is 5.81. The molecular formula is C18H17NO3. The van der Waals surface area contributed by atoms with Crippen molar-refractivity contribution in [2.45, 2.75) is 30.7 Å². The zero-order valence-electron chi connectivity index (χ0n) is 12.1. The van der Waals surface area contributed by atoms with E-state index in [2.05, 4.69) is 0 Å². The third-order valence-corrected chi connectivity index (χ3v) is 4.42. The van der Waals surface area contributed by atoms with E-state index < -0.39 is 6.04 Å². The lowest BCUT2D eigenvalue weighted by molar-refractivity contribution is -0.532. The van der Waals surface area contributed by atoms with E-state index in [9.17, 15) is 14.9 Å².